The Kier molecular flexibility index (Phi) is 2.69. The molecule has 2 heteroatoms. The Labute approximate surface area is 86.5 Å². The Morgan fingerprint density at radius 1 is 1.31 bits per heavy atom. The van der Waals surface area contributed by atoms with Crippen LogP contribution in [0.15, 0.2) is 40.9 Å². The Bertz CT molecular complexity index is 320. The summed E-state index contributed by atoms with van der Waals surface area (Å²) in [5, 5.41) is 0. The van der Waals surface area contributed by atoms with Crippen molar-refractivity contribution in [3.8, 4) is 5.75 Å². The van der Waals surface area contributed by atoms with Crippen molar-refractivity contribution >= 4 is 15.9 Å². The van der Waals surface area contributed by atoms with E-state index in [0.29, 0.717) is 0 Å². The molecule has 0 unspecified atom stereocenters. The Morgan fingerprint density at radius 3 is 2.85 bits per heavy atom. The largest absolute Gasteiger partial charge is 0.485 e. The number of benzene rings is 1. The van der Waals surface area contributed by atoms with Gasteiger partial charge in [0.15, 0.2) is 0 Å². The number of hydrogen-bond acceptors (Lipinski definition) is 1. The van der Waals surface area contributed by atoms with Gasteiger partial charge >= 0.3 is 0 Å². The second-order valence-corrected chi connectivity index (χ2v) is 3.95. The van der Waals surface area contributed by atoms with E-state index in [1.807, 2.05) is 24.3 Å². The number of halogens is 1. The fraction of sp³-hybridized carbons (Fsp3) is 0.273. The van der Waals surface area contributed by atoms with Crippen molar-refractivity contribution < 1.29 is 4.74 Å². The lowest BCUT2D eigenvalue weighted by atomic mass is 10.3. The maximum atomic E-state index is 5.77. The minimum absolute atomic E-state index is 0.263. The number of ether oxygens (including phenoxy) is 1. The quantitative estimate of drug-likeness (QED) is 0.717. The predicted octanol–water partition coefficient (Wildman–Crippen LogP) is 3.55. The van der Waals surface area contributed by atoms with Crippen molar-refractivity contribution in [3.63, 3.8) is 0 Å². The van der Waals surface area contributed by atoms with Crippen molar-refractivity contribution in [2.24, 2.45) is 0 Å². The Morgan fingerprint density at radius 2 is 2.15 bits per heavy atom. The van der Waals surface area contributed by atoms with Crippen LogP contribution in [0.25, 0.3) is 0 Å². The second-order valence-electron chi connectivity index (χ2n) is 3.09. The minimum Gasteiger partial charge on any atom is -0.485 e. The van der Waals surface area contributed by atoms with Crippen molar-refractivity contribution in [2.75, 3.05) is 0 Å². The van der Waals surface area contributed by atoms with E-state index in [1.165, 1.54) is 0 Å². The van der Waals surface area contributed by atoms with E-state index >= 15 is 0 Å². The lowest BCUT2D eigenvalue weighted by molar-refractivity contribution is 0.247. The molecule has 2 rings (SSSR count). The first-order chi connectivity index (χ1) is 6.36. The van der Waals surface area contributed by atoms with Gasteiger partial charge in [0.05, 0.1) is 4.47 Å². The summed E-state index contributed by atoms with van der Waals surface area (Å²) in [6.45, 7) is 0. The van der Waals surface area contributed by atoms with E-state index < -0.39 is 0 Å². The third-order valence-electron chi connectivity index (χ3n) is 2.08. The number of rotatable bonds is 2. The van der Waals surface area contributed by atoms with E-state index in [-0.39, 0.29) is 6.10 Å². The first kappa shape index (κ1) is 8.82. The van der Waals surface area contributed by atoms with Gasteiger partial charge in [-0.2, -0.15) is 0 Å². The SMILES string of the molecule is Brc1ccccc1O[C@@H]1C=CCC1. The second kappa shape index (κ2) is 3.97. The summed E-state index contributed by atoms with van der Waals surface area (Å²) >= 11 is 3.45. The lowest BCUT2D eigenvalue weighted by Crippen LogP contribution is -2.09. The summed E-state index contributed by atoms with van der Waals surface area (Å²) in [7, 11) is 0. The molecular formula is C11H11BrO. The number of allylic oxidation sites excluding steroid dienone is 1. The molecule has 1 aromatic carbocycles. The summed E-state index contributed by atoms with van der Waals surface area (Å²) in [6, 6.07) is 7.95. The van der Waals surface area contributed by atoms with Gasteiger partial charge in [0, 0.05) is 0 Å². The zero-order chi connectivity index (χ0) is 9.10. The van der Waals surface area contributed by atoms with Crippen LogP contribution in [0.5, 0.6) is 5.75 Å². The molecule has 0 saturated heterocycles. The maximum absolute atomic E-state index is 5.77. The maximum Gasteiger partial charge on any atom is 0.134 e. The zero-order valence-corrected chi connectivity index (χ0v) is 8.83. The molecule has 0 spiro atoms. The van der Waals surface area contributed by atoms with Gasteiger partial charge in [-0.1, -0.05) is 18.2 Å². The molecule has 1 aliphatic rings. The van der Waals surface area contributed by atoms with E-state index in [0.717, 1.165) is 23.1 Å². The van der Waals surface area contributed by atoms with Gasteiger partial charge in [-0.15, -0.1) is 0 Å². The third kappa shape index (κ3) is 2.13. The fourth-order valence-electron chi connectivity index (χ4n) is 1.41. The predicted molar refractivity (Wildman–Crippen MR) is 56.9 cm³/mol. The number of para-hydroxylation sites is 1. The highest BCUT2D eigenvalue weighted by atomic mass is 79.9. The van der Waals surface area contributed by atoms with Crippen LogP contribution in [0.2, 0.25) is 0 Å². The molecule has 0 heterocycles. The normalized spacial score (nSPS) is 20.5. The molecule has 13 heavy (non-hydrogen) atoms. The zero-order valence-electron chi connectivity index (χ0n) is 7.24. The molecule has 0 aliphatic heterocycles. The van der Waals surface area contributed by atoms with Crippen LogP contribution in [-0.2, 0) is 0 Å². The summed E-state index contributed by atoms with van der Waals surface area (Å²) in [4.78, 5) is 0. The molecule has 0 amide bonds. The fourth-order valence-corrected chi connectivity index (χ4v) is 1.78. The molecule has 1 aliphatic carbocycles. The van der Waals surface area contributed by atoms with Gasteiger partial charge in [-0.3, -0.25) is 0 Å². The highest BCUT2D eigenvalue weighted by Crippen LogP contribution is 2.27. The van der Waals surface area contributed by atoms with Crippen LogP contribution in [0.4, 0.5) is 0 Å². The number of hydrogen-bond donors (Lipinski definition) is 0. The molecule has 68 valence electrons. The van der Waals surface area contributed by atoms with Crippen LogP contribution in [0.3, 0.4) is 0 Å². The molecular weight excluding hydrogens is 228 g/mol. The monoisotopic (exact) mass is 238 g/mol. The topological polar surface area (TPSA) is 9.23 Å². The Hall–Kier alpha value is -0.760. The van der Waals surface area contributed by atoms with Crippen LogP contribution in [0.1, 0.15) is 12.8 Å². The summed E-state index contributed by atoms with van der Waals surface area (Å²) in [5.41, 5.74) is 0. The highest BCUT2D eigenvalue weighted by molar-refractivity contribution is 9.10. The van der Waals surface area contributed by atoms with Gasteiger partial charge in [0.25, 0.3) is 0 Å². The third-order valence-corrected chi connectivity index (χ3v) is 2.74. The highest BCUT2D eigenvalue weighted by Gasteiger charge is 2.11. The van der Waals surface area contributed by atoms with Gasteiger partial charge in [0.2, 0.25) is 0 Å². The van der Waals surface area contributed by atoms with Gasteiger partial charge in [0.1, 0.15) is 11.9 Å². The Balaban J connectivity index is 2.09. The molecule has 0 bridgehead atoms. The smallest absolute Gasteiger partial charge is 0.134 e. The van der Waals surface area contributed by atoms with Crippen molar-refractivity contribution in [1.82, 2.24) is 0 Å². The van der Waals surface area contributed by atoms with E-state index in [4.69, 9.17) is 4.74 Å². The molecule has 0 saturated carbocycles. The molecule has 1 atom stereocenters. The van der Waals surface area contributed by atoms with Crippen LogP contribution in [-0.4, -0.2) is 6.10 Å². The van der Waals surface area contributed by atoms with E-state index in [2.05, 4.69) is 28.1 Å². The van der Waals surface area contributed by atoms with E-state index in [1.54, 1.807) is 0 Å². The summed E-state index contributed by atoms with van der Waals surface area (Å²) < 4.78 is 6.80. The van der Waals surface area contributed by atoms with E-state index in [9.17, 15) is 0 Å². The first-order valence-corrected chi connectivity index (χ1v) is 5.23. The standard InChI is InChI=1S/C11H11BrO/c12-10-7-3-4-8-11(10)13-9-5-1-2-6-9/h1,3-5,7-9H,2,6H2/t9-/m1/s1. The molecule has 1 aromatic rings. The average Bonchev–Trinajstić information content (AvgIpc) is 2.61. The van der Waals surface area contributed by atoms with Crippen molar-refractivity contribution in [1.29, 1.82) is 0 Å². The molecule has 0 N–H and O–H groups in total. The van der Waals surface area contributed by atoms with Gasteiger partial charge in [-0.25, -0.2) is 0 Å². The molecule has 0 aromatic heterocycles. The lowest BCUT2D eigenvalue weighted by Gasteiger charge is -2.12. The summed E-state index contributed by atoms with van der Waals surface area (Å²) in [6.07, 6.45) is 6.79. The van der Waals surface area contributed by atoms with Crippen LogP contribution in [0, 0.1) is 0 Å². The first-order valence-electron chi connectivity index (χ1n) is 4.44. The van der Waals surface area contributed by atoms with Crippen LogP contribution < -0.4 is 4.74 Å². The van der Waals surface area contributed by atoms with Crippen molar-refractivity contribution in [2.45, 2.75) is 18.9 Å². The molecule has 1 nitrogen and oxygen atoms in total. The minimum atomic E-state index is 0.263. The van der Waals surface area contributed by atoms with Crippen LogP contribution >= 0.6 is 15.9 Å². The average molecular weight is 239 g/mol. The van der Waals surface area contributed by atoms with Crippen molar-refractivity contribution in [3.05, 3.63) is 40.9 Å². The molecule has 0 radical (unpaired) electrons. The van der Waals surface area contributed by atoms with Gasteiger partial charge in [-0.05, 0) is 47.0 Å². The van der Waals surface area contributed by atoms with Gasteiger partial charge < -0.3 is 4.74 Å². The summed E-state index contributed by atoms with van der Waals surface area (Å²) in [5.74, 6) is 0.930. The molecule has 0 fully saturated rings.